The van der Waals surface area contributed by atoms with Gasteiger partial charge in [0.2, 0.25) is 0 Å². The van der Waals surface area contributed by atoms with Crippen molar-refractivity contribution in [2.24, 2.45) is 34.5 Å². The molecule has 4 aliphatic rings. The Morgan fingerprint density at radius 1 is 0.940 bits per heavy atom. The average Bonchev–Trinajstić information content (AvgIpc) is 3.33. The summed E-state index contributed by atoms with van der Waals surface area (Å²) >= 11 is 0. The van der Waals surface area contributed by atoms with Gasteiger partial charge in [-0.3, -0.25) is 9.59 Å². The summed E-state index contributed by atoms with van der Waals surface area (Å²) in [6.07, 6.45) is 20.8. The van der Waals surface area contributed by atoms with Gasteiger partial charge in [0, 0.05) is 17.8 Å². The molecule has 0 heterocycles. The van der Waals surface area contributed by atoms with Crippen LogP contribution >= 0.6 is 0 Å². The van der Waals surface area contributed by atoms with Gasteiger partial charge in [0.05, 0.1) is 23.4 Å². The Hall–Kier alpha value is -1.28. The molecule has 0 aromatic heterocycles. The normalized spacial score (nSPS) is 35.1. The maximum Gasteiger partial charge on any atom is 0.306 e. The van der Waals surface area contributed by atoms with Crippen LogP contribution in [-0.4, -0.2) is 61.7 Å². The van der Waals surface area contributed by atoms with Gasteiger partial charge >= 0.3 is 5.97 Å². The zero-order chi connectivity index (χ0) is 36.7. The molecule has 7 heteroatoms. The second-order valence-electron chi connectivity index (χ2n) is 18.4. The van der Waals surface area contributed by atoms with Gasteiger partial charge in [0.15, 0.2) is 5.78 Å². The molecular weight excluding hydrogens is 628 g/mol. The van der Waals surface area contributed by atoms with Gasteiger partial charge < -0.3 is 25.2 Å². The number of esters is 1. The summed E-state index contributed by atoms with van der Waals surface area (Å²) in [5.41, 5.74) is -2.16. The Morgan fingerprint density at radius 3 is 2.10 bits per heavy atom. The summed E-state index contributed by atoms with van der Waals surface area (Å²) in [4.78, 5) is 26.7. The largest absolute Gasteiger partial charge is 0.460 e. The smallest absolute Gasteiger partial charge is 0.306 e. The molecule has 0 spiro atoms. The van der Waals surface area contributed by atoms with Crippen molar-refractivity contribution in [3.63, 3.8) is 0 Å². The summed E-state index contributed by atoms with van der Waals surface area (Å²) < 4.78 is 5.85. The van der Waals surface area contributed by atoms with Gasteiger partial charge in [-0.05, 0) is 106 Å². The van der Waals surface area contributed by atoms with Crippen LogP contribution in [0.15, 0.2) is 11.6 Å². The third-order valence-electron chi connectivity index (χ3n) is 14.2. The maximum absolute atomic E-state index is 13.9. The number of hydrogen-bond acceptors (Lipinski definition) is 7. The fourth-order valence-electron chi connectivity index (χ4n) is 10.9. The zero-order valence-electron chi connectivity index (χ0n) is 32.7. The molecule has 7 nitrogen and oxygen atoms in total. The third kappa shape index (κ3) is 9.44. The predicted molar refractivity (Wildman–Crippen MR) is 199 cm³/mol. The van der Waals surface area contributed by atoms with Crippen LogP contribution < -0.4 is 0 Å². The Balaban J connectivity index is 1.27. The van der Waals surface area contributed by atoms with E-state index in [1.54, 1.807) is 19.9 Å². The monoisotopic (exact) mass is 703 g/mol. The number of hydrogen-bond donors (Lipinski definition) is 4. The summed E-state index contributed by atoms with van der Waals surface area (Å²) in [6.45, 7) is 12.1. The maximum atomic E-state index is 13.9. The van der Waals surface area contributed by atoms with Crippen molar-refractivity contribution in [2.45, 2.75) is 212 Å². The van der Waals surface area contributed by atoms with E-state index in [-0.39, 0.29) is 35.4 Å². The molecule has 0 aliphatic heterocycles. The number of carbonyl (C=O) groups is 2. The standard InChI is InChI=1S/C43H74O7/c1-7-8-9-10-11-12-13-14-15-16-17-18-19-20-39(47)50-38-28-34-36(45)27-33-32(41(34,5)29-37(38)46)21-25-42(6)31(22-26-43(33,42)49)30(2)35(44)23-24-40(3,4)48/h27,30-32,34-35,37-38,44,46,48-49H,7-26,28-29H2,1-6H3. The molecule has 10 atom stereocenters. The lowest BCUT2D eigenvalue weighted by Gasteiger charge is -2.60. The van der Waals surface area contributed by atoms with Crippen molar-refractivity contribution in [3.05, 3.63) is 11.6 Å². The highest BCUT2D eigenvalue weighted by molar-refractivity contribution is 5.95. The molecule has 4 aliphatic carbocycles. The first-order valence-electron chi connectivity index (χ1n) is 20.8. The van der Waals surface area contributed by atoms with E-state index >= 15 is 0 Å². The van der Waals surface area contributed by atoms with Crippen LogP contribution in [0, 0.1) is 34.5 Å². The van der Waals surface area contributed by atoms with Crippen molar-refractivity contribution in [3.8, 4) is 0 Å². The van der Waals surface area contributed by atoms with Crippen LogP contribution in [-0.2, 0) is 14.3 Å². The van der Waals surface area contributed by atoms with Gasteiger partial charge in [0.25, 0.3) is 0 Å². The number of ketones is 1. The average molecular weight is 703 g/mol. The van der Waals surface area contributed by atoms with Crippen molar-refractivity contribution >= 4 is 11.8 Å². The summed E-state index contributed by atoms with van der Waals surface area (Å²) in [6, 6.07) is 0. The highest BCUT2D eigenvalue weighted by Gasteiger charge is 2.67. The van der Waals surface area contributed by atoms with Crippen molar-refractivity contribution in [2.75, 3.05) is 0 Å². The molecular formula is C43H74O7. The Labute approximate surface area is 304 Å². The van der Waals surface area contributed by atoms with Gasteiger partial charge in [-0.2, -0.15) is 0 Å². The fourth-order valence-corrected chi connectivity index (χ4v) is 10.9. The molecule has 0 bridgehead atoms. The second kappa shape index (κ2) is 17.7. The Kier molecular flexibility index (Phi) is 14.7. The minimum absolute atomic E-state index is 0.0254. The molecule has 10 unspecified atom stereocenters. The number of ether oxygens (including phenoxy) is 1. The number of carbonyl (C=O) groups excluding carboxylic acids is 2. The quantitative estimate of drug-likeness (QED) is 0.0739. The van der Waals surface area contributed by atoms with Gasteiger partial charge in [-0.1, -0.05) is 105 Å². The first-order chi connectivity index (χ1) is 23.6. The first-order valence-corrected chi connectivity index (χ1v) is 20.8. The molecule has 4 N–H and O–H groups in total. The molecule has 4 rings (SSSR count). The molecule has 3 saturated carbocycles. The number of aliphatic hydroxyl groups excluding tert-OH is 2. The summed E-state index contributed by atoms with van der Waals surface area (Å²) in [5, 5.41) is 45.2. The van der Waals surface area contributed by atoms with E-state index in [1.165, 1.54) is 64.2 Å². The zero-order valence-corrected chi connectivity index (χ0v) is 32.7. The van der Waals surface area contributed by atoms with E-state index in [9.17, 15) is 30.0 Å². The van der Waals surface area contributed by atoms with Gasteiger partial charge in [0.1, 0.15) is 6.10 Å². The van der Waals surface area contributed by atoms with E-state index in [4.69, 9.17) is 4.74 Å². The number of allylic oxidation sites excluding steroid dienone is 1. The Morgan fingerprint density at radius 2 is 1.52 bits per heavy atom. The van der Waals surface area contributed by atoms with E-state index in [1.807, 2.05) is 0 Å². The summed E-state index contributed by atoms with van der Waals surface area (Å²) in [5.74, 6) is -0.664. The van der Waals surface area contributed by atoms with Crippen LogP contribution in [0.4, 0.5) is 0 Å². The van der Waals surface area contributed by atoms with Crippen LogP contribution in [0.3, 0.4) is 0 Å². The van der Waals surface area contributed by atoms with Crippen LogP contribution in [0.2, 0.25) is 0 Å². The third-order valence-corrected chi connectivity index (χ3v) is 14.2. The lowest BCUT2D eigenvalue weighted by atomic mass is 9.46. The van der Waals surface area contributed by atoms with Crippen LogP contribution in [0.1, 0.15) is 183 Å². The minimum Gasteiger partial charge on any atom is -0.460 e. The lowest BCUT2D eigenvalue weighted by Crippen LogP contribution is -2.61. The van der Waals surface area contributed by atoms with E-state index in [0.29, 0.717) is 38.5 Å². The molecule has 0 amide bonds. The molecule has 3 fully saturated rings. The number of rotatable bonds is 20. The molecule has 50 heavy (non-hydrogen) atoms. The van der Waals surface area contributed by atoms with Crippen molar-refractivity contribution in [1.29, 1.82) is 0 Å². The molecule has 0 aromatic carbocycles. The predicted octanol–water partition coefficient (Wildman–Crippen LogP) is 8.77. The van der Waals surface area contributed by atoms with Crippen LogP contribution in [0.25, 0.3) is 0 Å². The Bertz CT molecular complexity index is 1140. The molecule has 0 saturated heterocycles. The highest BCUT2D eigenvalue weighted by atomic mass is 16.6. The minimum atomic E-state index is -1.14. The lowest BCUT2D eigenvalue weighted by molar-refractivity contribution is -0.175. The van der Waals surface area contributed by atoms with Crippen molar-refractivity contribution in [1.82, 2.24) is 0 Å². The van der Waals surface area contributed by atoms with Crippen molar-refractivity contribution < 1.29 is 34.8 Å². The molecule has 0 aromatic rings. The topological polar surface area (TPSA) is 124 Å². The summed E-state index contributed by atoms with van der Waals surface area (Å²) in [7, 11) is 0. The van der Waals surface area contributed by atoms with Crippen LogP contribution in [0.5, 0.6) is 0 Å². The van der Waals surface area contributed by atoms with E-state index in [0.717, 1.165) is 44.1 Å². The SMILES string of the molecule is CCCCCCCCCCCCCCCC(=O)OC1CC2C(=O)C=C3C(CCC4(C)C(C(C)C(O)CCC(C)(C)O)CCC34O)C2(C)CC1O. The highest BCUT2D eigenvalue weighted by Crippen LogP contribution is 2.68. The number of aliphatic hydroxyl groups is 4. The number of fused-ring (bicyclic) bond motifs is 5. The first kappa shape index (κ1) is 41.5. The van der Waals surface area contributed by atoms with Gasteiger partial charge in [-0.15, -0.1) is 0 Å². The van der Waals surface area contributed by atoms with E-state index < -0.39 is 40.3 Å². The fraction of sp³-hybridized carbons (Fsp3) is 0.907. The van der Waals surface area contributed by atoms with E-state index in [2.05, 4.69) is 27.7 Å². The second-order valence-corrected chi connectivity index (χ2v) is 18.4. The molecule has 288 valence electrons. The van der Waals surface area contributed by atoms with Gasteiger partial charge in [-0.25, -0.2) is 0 Å². The number of unbranched alkanes of at least 4 members (excludes halogenated alkanes) is 12. The molecule has 0 radical (unpaired) electrons.